The van der Waals surface area contributed by atoms with Gasteiger partial charge in [-0.15, -0.1) is 5.10 Å². The van der Waals surface area contributed by atoms with Crippen LogP contribution in [0, 0.1) is 5.92 Å². The third-order valence-corrected chi connectivity index (χ3v) is 2.49. The van der Waals surface area contributed by atoms with Crippen LogP contribution in [-0.4, -0.2) is 34.8 Å². The number of anilines is 1. The van der Waals surface area contributed by atoms with Crippen LogP contribution < -0.4 is 10.6 Å². The molecule has 0 atom stereocenters. The van der Waals surface area contributed by atoms with Crippen LogP contribution in [0.2, 0.25) is 0 Å². The zero-order valence-electron chi connectivity index (χ0n) is 8.11. The quantitative estimate of drug-likeness (QED) is 0.722. The summed E-state index contributed by atoms with van der Waals surface area (Å²) in [6, 6.07) is 0. The molecular formula is C9H15N5. The summed E-state index contributed by atoms with van der Waals surface area (Å²) in [7, 11) is 0. The van der Waals surface area contributed by atoms with Crippen LogP contribution >= 0.6 is 0 Å². The molecule has 0 radical (unpaired) electrons. The lowest BCUT2D eigenvalue weighted by Gasteiger charge is -2.22. The Morgan fingerprint density at radius 3 is 2.93 bits per heavy atom. The lowest BCUT2D eigenvalue weighted by molar-refractivity contribution is 0.389. The molecule has 0 saturated carbocycles. The Morgan fingerprint density at radius 1 is 1.36 bits per heavy atom. The summed E-state index contributed by atoms with van der Waals surface area (Å²) in [5, 5.41) is 14.2. The van der Waals surface area contributed by atoms with Crippen molar-refractivity contribution in [3.8, 4) is 0 Å². The molecule has 5 heteroatoms. The van der Waals surface area contributed by atoms with Crippen molar-refractivity contribution in [3.63, 3.8) is 0 Å². The highest BCUT2D eigenvalue weighted by Gasteiger charge is 2.12. The number of piperidine rings is 1. The molecule has 0 aliphatic carbocycles. The van der Waals surface area contributed by atoms with Crippen molar-refractivity contribution in [2.24, 2.45) is 5.92 Å². The summed E-state index contributed by atoms with van der Waals surface area (Å²) in [6.07, 6.45) is 5.69. The van der Waals surface area contributed by atoms with Gasteiger partial charge in [0.1, 0.15) is 0 Å². The molecule has 1 aliphatic heterocycles. The molecule has 5 nitrogen and oxygen atoms in total. The average Bonchev–Trinajstić information content (AvgIpc) is 2.29. The van der Waals surface area contributed by atoms with Crippen molar-refractivity contribution in [1.29, 1.82) is 0 Å². The van der Waals surface area contributed by atoms with Gasteiger partial charge in [0.05, 0.1) is 12.4 Å². The Balaban J connectivity index is 1.76. The molecule has 0 bridgehead atoms. The maximum atomic E-state index is 4.06. The number of rotatable bonds is 3. The monoisotopic (exact) mass is 193 g/mol. The Labute approximate surface area is 83.3 Å². The van der Waals surface area contributed by atoms with Crippen molar-refractivity contribution < 1.29 is 0 Å². The molecule has 0 amide bonds. The maximum absolute atomic E-state index is 4.06. The first-order valence-electron chi connectivity index (χ1n) is 5.03. The smallest absolute Gasteiger partial charge is 0.242 e. The molecule has 0 spiro atoms. The molecule has 1 aromatic rings. The van der Waals surface area contributed by atoms with Crippen molar-refractivity contribution in [2.45, 2.75) is 12.8 Å². The number of hydrogen-bond donors (Lipinski definition) is 2. The molecule has 1 aliphatic rings. The lowest BCUT2D eigenvalue weighted by Crippen LogP contribution is -2.31. The van der Waals surface area contributed by atoms with Crippen LogP contribution in [0.15, 0.2) is 12.4 Å². The maximum Gasteiger partial charge on any atom is 0.242 e. The predicted molar refractivity (Wildman–Crippen MR) is 53.9 cm³/mol. The Morgan fingerprint density at radius 2 is 2.21 bits per heavy atom. The van der Waals surface area contributed by atoms with Gasteiger partial charge >= 0.3 is 0 Å². The first-order valence-corrected chi connectivity index (χ1v) is 5.03. The predicted octanol–water partition coefficient (Wildman–Crippen LogP) is 0.283. The molecule has 2 heterocycles. The molecule has 0 aromatic carbocycles. The second-order valence-electron chi connectivity index (χ2n) is 3.54. The van der Waals surface area contributed by atoms with Gasteiger partial charge in [-0.1, -0.05) is 0 Å². The van der Waals surface area contributed by atoms with Crippen LogP contribution in [0.1, 0.15) is 12.8 Å². The van der Waals surface area contributed by atoms with Gasteiger partial charge in [-0.3, -0.25) is 0 Å². The minimum atomic E-state index is 0.631. The highest BCUT2D eigenvalue weighted by Crippen LogP contribution is 2.11. The fourth-order valence-electron chi connectivity index (χ4n) is 1.65. The van der Waals surface area contributed by atoms with Gasteiger partial charge in [-0.05, 0) is 31.8 Å². The summed E-state index contributed by atoms with van der Waals surface area (Å²) >= 11 is 0. The fourth-order valence-corrected chi connectivity index (χ4v) is 1.65. The van der Waals surface area contributed by atoms with Gasteiger partial charge in [0, 0.05) is 6.54 Å². The molecule has 0 unspecified atom stereocenters. The molecule has 76 valence electrons. The second kappa shape index (κ2) is 4.85. The highest BCUT2D eigenvalue weighted by atomic mass is 15.2. The van der Waals surface area contributed by atoms with Crippen molar-refractivity contribution in [2.75, 3.05) is 25.0 Å². The summed E-state index contributed by atoms with van der Waals surface area (Å²) < 4.78 is 0. The molecule has 2 rings (SSSR count). The Bertz CT molecular complexity index is 257. The van der Waals surface area contributed by atoms with E-state index in [9.17, 15) is 0 Å². The van der Waals surface area contributed by atoms with Crippen molar-refractivity contribution in [3.05, 3.63) is 12.4 Å². The van der Waals surface area contributed by atoms with Gasteiger partial charge in [0.2, 0.25) is 5.95 Å². The van der Waals surface area contributed by atoms with Gasteiger partial charge < -0.3 is 10.6 Å². The summed E-state index contributed by atoms with van der Waals surface area (Å²) in [6.45, 7) is 3.20. The number of hydrogen-bond acceptors (Lipinski definition) is 5. The summed E-state index contributed by atoms with van der Waals surface area (Å²) in [4.78, 5) is 4.06. The first kappa shape index (κ1) is 9.33. The molecule has 2 N–H and O–H groups in total. The van der Waals surface area contributed by atoms with E-state index in [1.165, 1.54) is 12.8 Å². The third-order valence-electron chi connectivity index (χ3n) is 2.49. The molecular weight excluding hydrogens is 178 g/mol. The minimum Gasteiger partial charge on any atom is -0.353 e. The van der Waals surface area contributed by atoms with E-state index in [0.717, 1.165) is 25.6 Å². The normalized spacial score (nSPS) is 18.0. The van der Waals surface area contributed by atoms with Crippen LogP contribution in [-0.2, 0) is 0 Å². The molecule has 1 aromatic heterocycles. The largest absolute Gasteiger partial charge is 0.353 e. The lowest BCUT2D eigenvalue weighted by atomic mass is 9.98. The van der Waals surface area contributed by atoms with Crippen LogP contribution in [0.25, 0.3) is 0 Å². The standard InChI is InChI=1S/C9H15N5/c1-3-10-4-2-8(1)7-12-9-11-5-6-13-14-9/h5-6,8,10H,1-4,7H2,(H,11,12,14). The highest BCUT2D eigenvalue weighted by molar-refractivity contribution is 5.19. The number of nitrogens with zero attached hydrogens (tertiary/aromatic N) is 3. The van der Waals surface area contributed by atoms with E-state index in [-0.39, 0.29) is 0 Å². The van der Waals surface area contributed by atoms with E-state index in [1.807, 2.05) is 0 Å². The van der Waals surface area contributed by atoms with E-state index < -0.39 is 0 Å². The van der Waals surface area contributed by atoms with Crippen LogP contribution in [0.5, 0.6) is 0 Å². The van der Waals surface area contributed by atoms with Gasteiger partial charge in [-0.2, -0.15) is 5.10 Å². The zero-order chi connectivity index (χ0) is 9.64. The van der Waals surface area contributed by atoms with E-state index >= 15 is 0 Å². The van der Waals surface area contributed by atoms with Crippen LogP contribution in [0.4, 0.5) is 5.95 Å². The minimum absolute atomic E-state index is 0.631. The first-order chi connectivity index (χ1) is 6.95. The van der Waals surface area contributed by atoms with Gasteiger partial charge in [0.25, 0.3) is 0 Å². The second-order valence-corrected chi connectivity index (χ2v) is 3.54. The van der Waals surface area contributed by atoms with E-state index in [0.29, 0.717) is 5.95 Å². The van der Waals surface area contributed by atoms with Crippen molar-refractivity contribution in [1.82, 2.24) is 20.5 Å². The zero-order valence-corrected chi connectivity index (χ0v) is 8.11. The average molecular weight is 193 g/mol. The number of aromatic nitrogens is 3. The summed E-state index contributed by atoms with van der Waals surface area (Å²) in [5.74, 6) is 1.37. The Kier molecular flexibility index (Phi) is 3.24. The number of nitrogens with one attached hydrogen (secondary N) is 2. The van der Waals surface area contributed by atoms with E-state index in [1.54, 1.807) is 12.4 Å². The molecule has 14 heavy (non-hydrogen) atoms. The topological polar surface area (TPSA) is 62.7 Å². The molecule has 1 saturated heterocycles. The van der Waals surface area contributed by atoms with E-state index in [2.05, 4.69) is 25.8 Å². The third kappa shape index (κ3) is 2.63. The van der Waals surface area contributed by atoms with Crippen LogP contribution in [0.3, 0.4) is 0 Å². The van der Waals surface area contributed by atoms with E-state index in [4.69, 9.17) is 0 Å². The Hall–Kier alpha value is -1.23. The molecule has 1 fully saturated rings. The summed E-state index contributed by atoms with van der Waals surface area (Å²) in [5.41, 5.74) is 0. The van der Waals surface area contributed by atoms with Gasteiger partial charge in [0.15, 0.2) is 0 Å². The van der Waals surface area contributed by atoms with Gasteiger partial charge in [-0.25, -0.2) is 4.98 Å². The fraction of sp³-hybridized carbons (Fsp3) is 0.667. The van der Waals surface area contributed by atoms with Crippen molar-refractivity contribution >= 4 is 5.95 Å². The SMILES string of the molecule is c1cnc(NCC2CCNCC2)nn1.